The highest BCUT2D eigenvalue weighted by Gasteiger charge is 2.48. The SMILES string of the molecule is C[C@]12C=C[C@](C)(O1)[C@@H](OCc1ccccc1)CC2. The highest BCUT2D eigenvalue weighted by Crippen LogP contribution is 2.44. The van der Waals surface area contributed by atoms with E-state index in [9.17, 15) is 0 Å². The van der Waals surface area contributed by atoms with E-state index < -0.39 is 0 Å². The number of rotatable bonds is 3. The van der Waals surface area contributed by atoms with Gasteiger partial charge in [0.25, 0.3) is 0 Å². The number of hydrogen-bond donors (Lipinski definition) is 0. The van der Waals surface area contributed by atoms with Crippen molar-refractivity contribution in [3.63, 3.8) is 0 Å². The van der Waals surface area contributed by atoms with Gasteiger partial charge in [-0.2, -0.15) is 0 Å². The van der Waals surface area contributed by atoms with Gasteiger partial charge in [-0.3, -0.25) is 0 Å². The van der Waals surface area contributed by atoms with Gasteiger partial charge in [-0.25, -0.2) is 0 Å². The average Bonchev–Trinajstić information content (AvgIpc) is 2.62. The maximum absolute atomic E-state index is 6.14. The second-order valence-corrected chi connectivity index (χ2v) is 5.76. The molecular formula is C16H20O2. The molecule has 96 valence electrons. The first-order valence-corrected chi connectivity index (χ1v) is 6.66. The van der Waals surface area contributed by atoms with Crippen LogP contribution in [0.2, 0.25) is 0 Å². The summed E-state index contributed by atoms with van der Waals surface area (Å²) >= 11 is 0. The zero-order valence-corrected chi connectivity index (χ0v) is 11.1. The molecule has 1 saturated heterocycles. The predicted molar refractivity (Wildman–Crippen MR) is 71.3 cm³/mol. The quantitative estimate of drug-likeness (QED) is 0.758. The minimum Gasteiger partial charge on any atom is -0.370 e. The predicted octanol–water partition coefficient (Wildman–Crippen LogP) is 3.47. The van der Waals surface area contributed by atoms with Crippen LogP contribution < -0.4 is 0 Å². The first-order valence-electron chi connectivity index (χ1n) is 6.66. The molecule has 18 heavy (non-hydrogen) atoms. The fourth-order valence-corrected chi connectivity index (χ4v) is 2.94. The molecule has 0 aromatic heterocycles. The Labute approximate surface area is 109 Å². The molecule has 2 nitrogen and oxygen atoms in total. The first kappa shape index (κ1) is 11.9. The summed E-state index contributed by atoms with van der Waals surface area (Å²) in [6.45, 7) is 4.95. The molecule has 0 N–H and O–H groups in total. The number of ether oxygens (including phenoxy) is 2. The first-order chi connectivity index (χ1) is 8.60. The number of hydrogen-bond acceptors (Lipinski definition) is 2. The molecule has 3 rings (SSSR count). The van der Waals surface area contributed by atoms with Crippen molar-refractivity contribution < 1.29 is 9.47 Å². The van der Waals surface area contributed by atoms with Crippen molar-refractivity contribution in [3.8, 4) is 0 Å². The summed E-state index contributed by atoms with van der Waals surface area (Å²) in [6, 6.07) is 10.3. The topological polar surface area (TPSA) is 18.5 Å². The average molecular weight is 244 g/mol. The van der Waals surface area contributed by atoms with Crippen LogP contribution in [0.4, 0.5) is 0 Å². The van der Waals surface area contributed by atoms with E-state index >= 15 is 0 Å². The van der Waals surface area contributed by atoms with Crippen molar-refractivity contribution in [3.05, 3.63) is 48.0 Å². The van der Waals surface area contributed by atoms with Gasteiger partial charge in [0.1, 0.15) is 5.60 Å². The Morgan fingerprint density at radius 3 is 2.78 bits per heavy atom. The van der Waals surface area contributed by atoms with Crippen molar-refractivity contribution in [1.82, 2.24) is 0 Å². The second kappa shape index (κ2) is 4.22. The number of fused-ring (bicyclic) bond motifs is 2. The Morgan fingerprint density at radius 1 is 1.22 bits per heavy atom. The van der Waals surface area contributed by atoms with Crippen LogP contribution in [0.5, 0.6) is 0 Å². The molecule has 2 aliphatic rings. The largest absolute Gasteiger partial charge is 0.370 e. The molecule has 2 aliphatic heterocycles. The zero-order chi connectivity index (χ0) is 12.6. The van der Waals surface area contributed by atoms with E-state index in [-0.39, 0.29) is 17.3 Å². The van der Waals surface area contributed by atoms with Crippen LogP contribution in [0.25, 0.3) is 0 Å². The van der Waals surface area contributed by atoms with E-state index in [4.69, 9.17) is 9.47 Å². The molecule has 0 saturated carbocycles. The summed E-state index contributed by atoms with van der Waals surface area (Å²) in [4.78, 5) is 0. The lowest BCUT2D eigenvalue weighted by molar-refractivity contribution is -0.185. The molecule has 0 unspecified atom stereocenters. The van der Waals surface area contributed by atoms with Gasteiger partial charge in [0, 0.05) is 0 Å². The highest BCUT2D eigenvalue weighted by atomic mass is 16.6. The minimum absolute atomic E-state index is 0.0681. The van der Waals surface area contributed by atoms with Crippen LogP contribution in [0.3, 0.4) is 0 Å². The van der Waals surface area contributed by atoms with Crippen LogP contribution in [0.15, 0.2) is 42.5 Å². The fourth-order valence-electron chi connectivity index (χ4n) is 2.94. The van der Waals surface area contributed by atoms with Crippen molar-refractivity contribution >= 4 is 0 Å². The smallest absolute Gasteiger partial charge is 0.111 e. The molecule has 1 fully saturated rings. The monoisotopic (exact) mass is 244 g/mol. The van der Waals surface area contributed by atoms with E-state index in [1.54, 1.807) is 0 Å². The fraction of sp³-hybridized carbons (Fsp3) is 0.500. The Morgan fingerprint density at radius 2 is 2.00 bits per heavy atom. The van der Waals surface area contributed by atoms with E-state index in [1.165, 1.54) is 5.56 Å². The summed E-state index contributed by atoms with van der Waals surface area (Å²) in [7, 11) is 0. The minimum atomic E-state index is -0.248. The summed E-state index contributed by atoms with van der Waals surface area (Å²) in [5.74, 6) is 0. The Balaban J connectivity index is 1.66. The molecule has 1 aromatic carbocycles. The van der Waals surface area contributed by atoms with Gasteiger partial charge in [-0.15, -0.1) is 0 Å². The molecule has 0 aliphatic carbocycles. The normalized spacial score (nSPS) is 38.0. The maximum atomic E-state index is 6.14. The van der Waals surface area contributed by atoms with Gasteiger partial charge in [0.05, 0.1) is 18.3 Å². The Bertz CT molecular complexity index is 453. The summed E-state index contributed by atoms with van der Waals surface area (Å²) in [5, 5.41) is 0. The van der Waals surface area contributed by atoms with E-state index in [0.717, 1.165) is 12.8 Å². The van der Waals surface area contributed by atoms with E-state index in [1.807, 2.05) is 18.2 Å². The molecule has 0 amide bonds. The van der Waals surface area contributed by atoms with Crippen molar-refractivity contribution in [2.75, 3.05) is 0 Å². The summed E-state index contributed by atoms with van der Waals surface area (Å²) in [5.41, 5.74) is 0.903. The van der Waals surface area contributed by atoms with E-state index in [2.05, 4.69) is 38.1 Å². The van der Waals surface area contributed by atoms with Gasteiger partial charge in [0.15, 0.2) is 0 Å². The molecule has 2 heteroatoms. The summed E-state index contributed by atoms with van der Waals surface area (Å²) in [6.07, 6.45) is 6.63. The molecule has 3 atom stereocenters. The van der Waals surface area contributed by atoms with Crippen LogP contribution in [0, 0.1) is 0 Å². The molecule has 1 aromatic rings. The lowest BCUT2D eigenvalue weighted by atomic mass is 9.91. The molecule has 2 heterocycles. The molecule has 0 spiro atoms. The van der Waals surface area contributed by atoms with Crippen molar-refractivity contribution in [2.45, 2.75) is 50.6 Å². The zero-order valence-electron chi connectivity index (χ0n) is 11.1. The van der Waals surface area contributed by atoms with E-state index in [0.29, 0.717) is 6.61 Å². The van der Waals surface area contributed by atoms with Crippen LogP contribution in [-0.2, 0) is 16.1 Å². The van der Waals surface area contributed by atoms with Crippen LogP contribution in [0.1, 0.15) is 32.3 Å². The molecule has 0 radical (unpaired) electrons. The Kier molecular flexibility index (Phi) is 2.80. The standard InChI is InChI=1S/C16H20O2/c1-15-9-8-14(16(2,18-15)11-10-15)17-12-13-6-4-3-5-7-13/h3-7,10-11,14H,8-9,12H2,1-2H3/t14-,15-,16-/m0/s1. The van der Waals surface area contributed by atoms with Gasteiger partial charge in [-0.05, 0) is 32.3 Å². The molecular weight excluding hydrogens is 224 g/mol. The lowest BCUT2D eigenvalue weighted by Crippen LogP contribution is -2.48. The highest BCUT2D eigenvalue weighted by molar-refractivity contribution is 5.21. The van der Waals surface area contributed by atoms with Crippen LogP contribution >= 0.6 is 0 Å². The van der Waals surface area contributed by atoms with Gasteiger partial charge in [0.2, 0.25) is 0 Å². The van der Waals surface area contributed by atoms with Crippen molar-refractivity contribution in [1.29, 1.82) is 0 Å². The molecule has 2 bridgehead atoms. The summed E-state index contributed by atoms with van der Waals surface area (Å²) < 4.78 is 12.2. The van der Waals surface area contributed by atoms with Crippen LogP contribution in [-0.4, -0.2) is 17.3 Å². The van der Waals surface area contributed by atoms with Gasteiger partial charge < -0.3 is 9.47 Å². The van der Waals surface area contributed by atoms with Gasteiger partial charge in [-0.1, -0.05) is 42.5 Å². The maximum Gasteiger partial charge on any atom is 0.111 e. The third kappa shape index (κ3) is 2.11. The van der Waals surface area contributed by atoms with Crippen molar-refractivity contribution in [2.24, 2.45) is 0 Å². The Hall–Kier alpha value is -1.12. The lowest BCUT2D eigenvalue weighted by Gasteiger charge is -2.42. The second-order valence-electron chi connectivity index (χ2n) is 5.76. The number of benzene rings is 1. The third-order valence-corrected chi connectivity index (χ3v) is 4.06. The van der Waals surface area contributed by atoms with Gasteiger partial charge >= 0.3 is 0 Å². The third-order valence-electron chi connectivity index (χ3n) is 4.06.